The molecule has 0 radical (unpaired) electrons. The molecule has 0 bridgehead atoms. The second-order valence-corrected chi connectivity index (χ2v) is 14.5. The SMILES string of the molecule is CC1(C)c2ccccc2-c2ccc(C3=NC(c4cccc5oc6c(ccc7c8ccccc8c8ccccc8c76)c45)N=C(c4ccccc4)N3)cc21. The number of nitrogens with one attached hydrogen (secondary N) is 1. The van der Waals surface area contributed by atoms with E-state index in [4.69, 9.17) is 14.4 Å². The van der Waals surface area contributed by atoms with Gasteiger partial charge in [-0.05, 0) is 67.4 Å². The van der Waals surface area contributed by atoms with E-state index >= 15 is 0 Å². The van der Waals surface area contributed by atoms with Gasteiger partial charge >= 0.3 is 0 Å². The molecule has 1 atom stereocenters. The predicted octanol–water partition coefficient (Wildman–Crippen LogP) is 11.8. The van der Waals surface area contributed by atoms with E-state index in [1.807, 2.05) is 6.07 Å². The maximum absolute atomic E-state index is 6.87. The summed E-state index contributed by atoms with van der Waals surface area (Å²) in [5.41, 5.74) is 9.95. The zero-order chi connectivity index (χ0) is 34.6. The molecule has 0 spiro atoms. The first-order valence-electron chi connectivity index (χ1n) is 17.9. The zero-order valence-corrected chi connectivity index (χ0v) is 28.8. The second kappa shape index (κ2) is 10.7. The van der Waals surface area contributed by atoms with Crippen LogP contribution in [-0.2, 0) is 5.41 Å². The highest BCUT2D eigenvalue weighted by atomic mass is 16.3. The summed E-state index contributed by atoms with van der Waals surface area (Å²) in [4.78, 5) is 10.7. The normalized spacial score (nSPS) is 16.2. The maximum atomic E-state index is 6.87. The molecule has 0 fully saturated rings. The van der Waals surface area contributed by atoms with Gasteiger partial charge in [0, 0.05) is 38.3 Å². The Kier molecular flexibility index (Phi) is 6.04. The highest BCUT2D eigenvalue weighted by molar-refractivity contribution is 6.32. The van der Waals surface area contributed by atoms with Crippen LogP contribution in [0.4, 0.5) is 0 Å². The summed E-state index contributed by atoms with van der Waals surface area (Å²) in [5.74, 6) is 1.60. The maximum Gasteiger partial charge on any atom is 0.170 e. The smallest absolute Gasteiger partial charge is 0.170 e. The number of hydrogen-bond donors (Lipinski definition) is 1. The van der Waals surface area contributed by atoms with E-state index in [2.05, 4.69) is 165 Å². The van der Waals surface area contributed by atoms with Crippen LogP contribution in [0.5, 0.6) is 0 Å². The lowest BCUT2D eigenvalue weighted by Crippen LogP contribution is -2.36. The van der Waals surface area contributed by atoms with Crippen molar-refractivity contribution in [3.8, 4) is 11.1 Å². The van der Waals surface area contributed by atoms with Gasteiger partial charge in [-0.2, -0.15) is 0 Å². The number of furan rings is 1. The van der Waals surface area contributed by atoms with Crippen LogP contribution in [0.2, 0.25) is 0 Å². The van der Waals surface area contributed by atoms with Crippen molar-refractivity contribution in [1.82, 2.24) is 5.32 Å². The van der Waals surface area contributed by atoms with Crippen molar-refractivity contribution in [3.63, 3.8) is 0 Å². The van der Waals surface area contributed by atoms with Gasteiger partial charge in [-0.25, -0.2) is 9.98 Å². The Morgan fingerprint density at radius 2 is 1.12 bits per heavy atom. The summed E-state index contributed by atoms with van der Waals surface area (Å²) >= 11 is 0. The first-order valence-corrected chi connectivity index (χ1v) is 17.9. The molecular weight excluding hydrogens is 635 g/mol. The van der Waals surface area contributed by atoms with Crippen molar-refractivity contribution in [1.29, 1.82) is 0 Å². The molecule has 246 valence electrons. The molecule has 1 N–H and O–H groups in total. The van der Waals surface area contributed by atoms with Gasteiger partial charge in [0.15, 0.2) is 6.17 Å². The Morgan fingerprint density at radius 1 is 0.500 bits per heavy atom. The van der Waals surface area contributed by atoms with Crippen molar-refractivity contribution in [2.24, 2.45) is 9.98 Å². The van der Waals surface area contributed by atoms with Gasteiger partial charge in [0.1, 0.15) is 22.8 Å². The average molecular weight is 668 g/mol. The molecule has 4 heteroatoms. The van der Waals surface area contributed by atoms with E-state index in [0.29, 0.717) is 0 Å². The molecule has 0 amide bonds. The highest BCUT2D eigenvalue weighted by Crippen LogP contribution is 2.49. The Morgan fingerprint density at radius 3 is 1.90 bits per heavy atom. The van der Waals surface area contributed by atoms with E-state index < -0.39 is 6.17 Å². The zero-order valence-electron chi connectivity index (χ0n) is 28.8. The number of aliphatic imine (C=N–C) groups is 2. The van der Waals surface area contributed by atoms with Crippen molar-refractivity contribution < 1.29 is 4.42 Å². The third-order valence-corrected chi connectivity index (χ3v) is 11.3. The predicted molar refractivity (Wildman–Crippen MR) is 216 cm³/mol. The van der Waals surface area contributed by atoms with Crippen LogP contribution < -0.4 is 5.32 Å². The number of nitrogens with zero attached hydrogens (tertiary/aromatic N) is 2. The minimum absolute atomic E-state index is 0.119. The number of hydrogen-bond acceptors (Lipinski definition) is 4. The van der Waals surface area contributed by atoms with Gasteiger partial charge in [0.05, 0.1) is 0 Å². The van der Waals surface area contributed by atoms with Crippen molar-refractivity contribution in [2.45, 2.75) is 25.4 Å². The molecule has 1 unspecified atom stereocenters. The number of amidine groups is 2. The van der Waals surface area contributed by atoms with Gasteiger partial charge in [-0.15, -0.1) is 0 Å². The average Bonchev–Trinajstić information content (AvgIpc) is 3.70. The van der Waals surface area contributed by atoms with Gasteiger partial charge < -0.3 is 9.73 Å². The standard InChI is InChI=1S/C48H33N3O/c1-48(2)39-21-11-10-18-33(39)34-24-23-29(27-40(34)48)46-49-45(28-13-4-3-5-14-28)50-47(51-46)38-20-12-22-41-42(38)37-26-25-36-32-17-7-6-15-30(32)31-16-8-9-19-35(31)43(36)44(37)52-41/h3-27,47H,1-2H3,(H,49,50,51). The van der Waals surface area contributed by atoms with E-state index in [0.717, 1.165) is 55.7 Å². The molecule has 1 aliphatic carbocycles. The first-order chi connectivity index (χ1) is 25.5. The van der Waals surface area contributed by atoms with Gasteiger partial charge in [-0.1, -0.05) is 147 Å². The molecule has 8 aromatic carbocycles. The lowest BCUT2D eigenvalue weighted by Gasteiger charge is -2.25. The molecule has 1 aliphatic heterocycles. The van der Waals surface area contributed by atoms with E-state index in [1.165, 1.54) is 49.2 Å². The van der Waals surface area contributed by atoms with Crippen LogP contribution in [0.15, 0.2) is 166 Å². The monoisotopic (exact) mass is 667 g/mol. The number of fused-ring (bicyclic) bond motifs is 13. The fourth-order valence-corrected chi connectivity index (χ4v) is 8.84. The van der Waals surface area contributed by atoms with Crippen LogP contribution in [0.3, 0.4) is 0 Å². The Bertz CT molecular complexity index is 2990. The number of benzene rings is 8. The lowest BCUT2D eigenvalue weighted by molar-refractivity contribution is 0.660. The van der Waals surface area contributed by atoms with Crippen LogP contribution in [0.25, 0.3) is 65.4 Å². The minimum Gasteiger partial charge on any atom is -0.455 e. The summed E-state index contributed by atoms with van der Waals surface area (Å²) in [5, 5.41) is 13.0. The van der Waals surface area contributed by atoms with Gasteiger partial charge in [-0.3, -0.25) is 0 Å². The number of rotatable bonds is 3. The van der Waals surface area contributed by atoms with Crippen LogP contribution in [0, 0.1) is 0 Å². The molecule has 2 heterocycles. The second-order valence-electron chi connectivity index (χ2n) is 14.5. The summed E-state index contributed by atoms with van der Waals surface area (Å²) in [7, 11) is 0. The Balaban J connectivity index is 1.14. The quantitative estimate of drug-likeness (QED) is 0.191. The van der Waals surface area contributed by atoms with Gasteiger partial charge in [0.2, 0.25) is 0 Å². The van der Waals surface area contributed by atoms with Crippen LogP contribution >= 0.6 is 0 Å². The topological polar surface area (TPSA) is 49.9 Å². The molecule has 11 rings (SSSR count). The molecule has 4 nitrogen and oxygen atoms in total. The molecular formula is C48H33N3O. The van der Waals surface area contributed by atoms with Gasteiger partial charge in [0.25, 0.3) is 0 Å². The molecule has 2 aliphatic rings. The summed E-state index contributed by atoms with van der Waals surface area (Å²) in [6.45, 7) is 4.63. The fraction of sp³-hybridized carbons (Fsp3) is 0.0833. The summed E-state index contributed by atoms with van der Waals surface area (Å²) < 4.78 is 6.87. The molecule has 0 saturated heterocycles. The third-order valence-electron chi connectivity index (χ3n) is 11.3. The van der Waals surface area contributed by atoms with Crippen molar-refractivity contribution in [2.75, 3.05) is 0 Å². The minimum atomic E-state index is -0.488. The largest absolute Gasteiger partial charge is 0.455 e. The molecule has 9 aromatic rings. The van der Waals surface area contributed by atoms with E-state index in [-0.39, 0.29) is 5.41 Å². The Labute approximate surface area is 300 Å². The van der Waals surface area contributed by atoms with Crippen molar-refractivity contribution >= 4 is 65.9 Å². The molecule has 52 heavy (non-hydrogen) atoms. The fourth-order valence-electron chi connectivity index (χ4n) is 8.84. The van der Waals surface area contributed by atoms with Crippen LogP contribution in [-0.4, -0.2) is 11.7 Å². The van der Waals surface area contributed by atoms with Crippen LogP contribution in [0.1, 0.15) is 47.8 Å². The first kappa shape index (κ1) is 29.2. The van der Waals surface area contributed by atoms with Crippen molar-refractivity contribution in [3.05, 3.63) is 179 Å². The van der Waals surface area contributed by atoms with E-state index in [1.54, 1.807) is 0 Å². The summed E-state index contributed by atoms with van der Waals surface area (Å²) in [6, 6.07) is 54.0. The highest BCUT2D eigenvalue weighted by Gasteiger charge is 2.36. The summed E-state index contributed by atoms with van der Waals surface area (Å²) in [6.07, 6.45) is -0.488. The Hall–Kier alpha value is -6.52. The van der Waals surface area contributed by atoms with E-state index in [9.17, 15) is 0 Å². The lowest BCUT2D eigenvalue weighted by atomic mass is 9.82. The third kappa shape index (κ3) is 4.09. The molecule has 0 saturated carbocycles. The molecule has 1 aromatic heterocycles.